The molecule has 4 aromatic rings. The Labute approximate surface area is 137 Å². The van der Waals surface area contributed by atoms with Crippen molar-refractivity contribution < 1.29 is 4.42 Å². The lowest BCUT2D eigenvalue weighted by Crippen LogP contribution is -2.03. The van der Waals surface area contributed by atoms with Crippen LogP contribution in [0.15, 0.2) is 65.7 Å². The summed E-state index contributed by atoms with van der Waals surface area (Å²) >= 11 is 6.04. The van der Waals surface area contributed by atoms with Crippen molar-refractivity contribution in [2.75, 3.05) is 5.32 Å². The zero-order valence-corrected chi connectivity index (χ0v) is 12.9. The summed E-state index contributed by atoms with van der Waals surface area (Å²) in [5.74, 6) is 1.57. The predicted molar refractivity (Wildman–Crippen MR) is 89.5 cm³/mol. The third-order valence-corrected chi connectivity index (χ3v) is 3.77. The first-order chi connectivity index (χ1) is 11.3. The van der Waals surface area contributed by atoms with Crippen molar-refractivity contribution in [3.05, 3.63) is 71.8 Å². The van der Waals surface area contributed by atoms with Crippen molar-refractivity contribution in [1.29, 1.82) is 0 Å². The fourth-order valence-electron chi connectivity index (χ4n) is 2.49. The summed E-state index contributed by atoms with van der Waals surface area (Å²) in [4.78, 5) is 8.72. The molecule has 3 heterocycles. The van der Waals surface area contributed by atoms with E-state index in [0.717, 1.165) is 27.7 Å². The highest BCUT2D eigenvalue weighted by Crippen LogP contribution is 2.29. The number of furan rings is 1. The van der Waals surface area contributed by atoms with E-state index >= 15 is 0 Å². The Morgan fingerprint density at radius 1 is 1.22 bits per heavy atom. The third kappa shape index (κ3) is 2.66. The van der Waals surface area contributed by atoms with Crippen LogP contribution in [-0.2, 0) is 6.54 Å². The van der Waals surface area contributed by atoms with Crippen molar-refractivity contribution in [1.82, 2.24) is 14.4 Å². The molecule has 4 rings (SSSR count). The van der Waals surface area contributed by atoms with Gasteiger partial charge in [0.05, 0.1) is 12.5 Å². The Bertz CT molecular complexity index is 946. The van der Waals surface area contributed by atoms with Gasteiger partial charge in [0.15, 0.2) is 11.4 Å². The number of imidazole rings is 1. The molecule has 0 fully saturated rings. The Morgan fingerprint density at radius 2 is 2.17 bits per heavy atom. The second-order valence-corrected chi connectivity index (χ2v) is 5.51. The second-order valence-electron chi connectivity index (χ2n) is 5.07. The van der Waals surface area contributed by atoms with Crippen molar-refractivity contribution in [2.45, 2.75) is 6.54 Å². The molecule has 0 saturated heterocycles. The first kappa shape index (κ1) is 13.8. The minimum Gasteiger partial charge on any atom is -0.463 e. The molecule has 0 aliphatic carbocycles. The third-order valence-electron chi connectivity index (χ3n) is 3.53. The maximum Gasteiger partial charge on any atom is 0.157 e. The largest absolute Gasteiger partial charge is 0.463 e. The molecule has 114 valence electrons. The maximum atomic E-state index is 6.04. The lowest BCUT2D eigenvalue weighted by Gasteiger charge is -2.08. The van der Waals surface area contributed by atoms with Crippen molar-refractivity contribution >= 4 is 23.1 Å². The highest BCUT2D eigenvalue weighted by molar-refractivity contribution is 6.30. The molecular weight excluding hydrogens is 312 g/mol. The number of anilines is 1. The van der Waals surface area contributed by atoms with Gasteiger partial charge in [-0.15, -0.1) is 0 Å². The zero-order valence-electron chi connectivity index (χ0n) is 12.1. The van der Waals surface area contributed by atoms with Gasteiger partial charge < -0.3 is 9.73 Å². The molecule has 1 aromatic carbocycles. The van der Waals surface area contributed by atoms with Crippen LogP contribution in [0.3, 0.4) is 0 Å². The number of benzene rings is 1. The van der Waals surface area contributed by atoms with Gasteiger partial charge in [0, 0.05) is 24.0 Å². The summed E-state index contributed by atoms with van der Waals surface area (Å²) in [6, 6.07) is 11.5. The Morgan fingerprint density at radius 3 is 3.00 bits per heavy atom. The summed E-state index contributed by atoms with van der Waals surface area (Å²) in [5, 5.41) is 4.14. The van der Waals surface area contributed by atoms with Crippen LogP contribution < -0.4 is 5.32 Å². The van der Waals surface area contributed by atoms with Gasteiger partial charge in [-0.2, -0.15) is 0 Å². The van der Waals surface area contributed by atoms with Gasteiger partial charge >= 0.3 is 0 Å². The van der Waals surface area contributed by atoms with Gasteiger partial charge in [-0.05, 0) is 29.8 Å². The number of hydrogen-bond donors (Lipinski definition) is 1. The number of rotatable bonds is 4. The van der Waals surface area contributed by atoms with Crippen LogP contribution in [0.25, 0.3) is 17.1 Å². The zero-order chi connectivity index (χ0) is 15.6. The molecule has 1 N–H and O–H groups in total. The molecule has 23 heavy (non-hydrogen) atoms. The predicted octanol–water partition coefficient (Wildman–Crippen LogP) is 4.25. The normalized spacial score (nSPS) is 11.0. The minimum atomic E-state index is 0.629. The molecule has 0 spiro atoms. The van der Waals surface area contributed by atoms with E-state index in [1.165, 1.54) is 0 Å². The molecule has 6 heteroatoms. The standard InChI is InChI=1S/C17H13ClN4O/c18-13-4-1-3-12(9-13)10-20-17-16(14-5-2-8-23-14)21-15-11-19-6-7-22(15)17/h1-9,11,20H,10H2. The monoisotopic (exact) mass is 324 g/mol. The van der Waals surface area contributed by atoms with Crippen LogP contribution in [0.1, 0.15) is 5.56 Å². The maximum absolute atomic E-state index is 6.04. The molecule has 0 saturated carbocycles. The highest BCUT2D eigenvalue weighted by atomic mass is 35.5. The SMILES string of the molecule is Clc1cccc(CNc2c(-c3ccco3)nc3cnccn23)c1. The molecular formula is C17H13ClN4O. The van der Waals surface area contributed by atoms with Gasteiger partial charge in [0.2, 0.25) is 0 Å². The number of fused-ring (bicyclic) bond motifs is 1. The smallest absolute Gasteiger partial charge is 0.157 e. The Hall–Kier alpha value is -2.79. The van der Waals surface area contributed by atoms with E-state index in [-0.39, 0.29) is 0 Å². The number of nitrogens with zero attached hydrogens (tertiary/aromatic N) is 3. The van der Waals surface area contributed by atoms with Crippen LogP contribution in [0.5, 0.6) is 0 Å². The van der Waals surface area contributed by atoms with Gasteiger partial charge in [-0.1, -0.05) is 23.7 Å². The molecule has 0 unspecified atom stereocenters. The topological polar surface area (TPSA) is 55.4 Å². The van der Waals surface area contributed by atoms with E-state index in [0.29, 0.717) is 12.3 Å². The van der Waals surface area contributed by atoms with E-state index in [1.54, 1.807) is 18.7 Å². The Balaban J connectivity index is 1.74. The van der Waals surface area contributed by atoms with Gasteiger partial charge in [-0.3, -0.25) is 9.38 Å². The number of halogens is 1. The van der Waals surface area contributed by atoms with Crippen LogP contribution in [-0.4, -0.2) is 14.4 Å². The fraction of sp³-hybridized carbons (Fsp3) is 0.0588. The summed E-state index contributed by atoms with van der Waals surface area (Å²) in [6.07, 6.45) is 6.95. The second kappa shape index (κ2) is 5.78. The molecule has 0 aliphatic heterocycles. The van der Waals surface area contributed by atoms with Crippen LogP contribution in [0, 0.1) is 0 Å². The van der Waals surface area contributed by atoms with Crippen LogP contribution in [0.2, 0.25) is 5.02 Å². The van der Waals surface area contributed by atoms with Crippen LogP contribution in [0.4, 0.5) is 5.82 Å². The lowest BCUT2D eigenvalue weighted by molar-refractivity contribution is 0.580. The highest BCUT2D eigenvalue weighted by Gasteiger charge is 2.15. The van der Waals surface area contributed by atoms with Gasteiger partial charge in [0.25, 0.3) is 0 Å². The van der Waals surface area contributed by atoms with E-state index < -0.39 is 0 Å². The molecule has 5 nitrogen and oxygen atoms in total. The lowest BCUT2D eigenvalue weighted by atomic mass is 10.2. The van der Waals surface area contributed by atoms with Crippen molar-refractivity contribution in [2.24, 2.45) is 0 Å². The van der Waals surface area contributed by atoms with Gasteiger partial charge in [-0.25, -0.2) is 4.98 Å². The molecule has 0 amide bonds. The van der Waals surface area contributed by atoms with Crippen molar-refractivity contribution in [3.63, 3.8) is 0 Å². The average Bonchev–Trinajstić information content (AvgIpc) is 3.20. The fourth-order valence-corrected chi connectivity index (χ4v) is 2.71. The Kier molecular flexibility index (Phi) is 3.48. The van der Waals surface area contributed by atoms with Crippen molar-refractivity contribution in [3.8, 4) is 11.5 Å². The summed E-state index contributed by atoms with van der Waals surface area (Å²) < 4.78 is 7.46. The average molecular weight is 325 g/mol. The minimum absolute atomic E-state index is 0.629. The van der Waals surface area contributed by atoms with E-state index in [9.17, 15) is 0 Å². The van der Waals surface area contributed by atoms with E-state index in [1.807, 2.05) is 47.0 Å². The first-order valence-corrected chi connectivity index (χ1v) is 7.53. The quantitative estimate of drug-likeness (QED) is 0.609. The van der Waals surface area contributed by atoms with E-state index in [4.69, 9.17) is 16.0 Å². The molecule has 0 aliphatic rings. The number of nitrogens with one attached hydrogen (secondary N) is 1. The summed E-state index contributed by atoms with van der Waals surface area (Å²) in [7, 11) is 0. The van der Waals surface area contributed by atoms with Gasteiger partial charge in [0.1, 0.15) is 11.5 Å². The molecule has 3 aromatic heterocycles. The first-order valence-electron chi connectivity index (χ1n) is 7.15. The van der Waals surface area contributed by atoms with E-state index in [2.05, 4.69) is 15.3 Å². The number of aromatic nitrogens is 3. The summed E-state index contributed by atoms with van der Waals surface area (Å²) in [5.41, 5.74) is 2.60. The molecule has 0 bridgehead atoms. The summed E-state index contributed by atoms with van der Waals surface area (Å²) in [6.45, 7) is 0.629. The van der Waals surface area contributed by atoms with Crippen LogP contribution >= 0.6 is 11.6 Å². The molecule has 0 atom stereocenters. The number of hydrogen-bond acceptors (Lipinski definition) is 4. The molecule has 0 radical (unpaired) electrons.